The lowest BCUT2D eigenvalue weighted by atomic mass is 10.0. The molecule has 0 aliphatic rings. The van der Waals surface area contributed by atoms with Crippen LogP contribution in [0, 0.1) is 16.0 Å². The minimum absolute atomic E-state index is 0.0864. The summed E-state index contributed by atoms with van der Waals surface area (Å²) in [5.74, 6) is 0.702. The fourth-order valence-corrected chi connectivity index (χ4v) is 2.07. The van der Waals surface area contributed by atoms with Crippen molar-refractivity contribution in [3.63, 3.8) is 0 Å². The number of halogens is 1. The van der Waals surface area contributed by atoms with E-state index in [1.165, 1.54) is 12.1 Å². The van der Waals surface area contributed by atoms with E-state index in [-0.39, 0.29) is 17.4 Å². The van der Waals surface area contributed by atoms with E-state index in [2.05, 4.69) is 17.2 Å². The summed E-state index contributed by atoms with van der Waals surface area (Å²) in [5.41, 5.74) is -0.0864. The Kier molecular flexibility index (Phi) is 6.52. The van der Waals surface area contributed by atoms with Crippen molar-refractivity contribution in [3.8, 4) is 0 Å². The van der Waals surface area contributed by atoms with Gasteiger partial charge in [0.05, 0.1) is 17.1 Å². The lowest BCUT2D eigenvalue weighted by molar-refractivity contribution is -0.384. The zero-order valence-corrected chi connectivity index (χ0v) is 11.6. The first-order valence-electron chi connectivity index (χ1n) is 6.23. The zero-order valence-electron chi connectivity index (χ0n) is 10.8. The standard InChI is InChI=1S/C12H18ClN3O3/c1-2-3-9(4-5-17)8-14-12-7-10(16(18)19)6-11(13)15-12/h6-7,9,17H,2-5,8H2,1H3,(H,14,15). The molecule has 0 aliphatic heterocycles. The Labute approximate surface area is 117 Å². The van der Waals surface area contributed by atoms with Gasteiger partial charge in [-0.15, -0.1) is 0 Å². The Morgan fingerprint density at radius 1 is 1.53 bits per heavy atom. The molecule has 7 heteroatoms. The van der Waals surface area contributed by atoms with Crippen molar-refractivity contribution < 1.29 is 10.0 Å². The Morgan fingerprint density at radius 2 is 2.26 bits per heavy atom. The Bertz CT molecular complexity index is 423. The Balaban J connectivity index is 2.67. The maximum Gasteiger partial charge on any atom is 0.276 e. The van der Waals surface area contributed by atoms with Crippen LogP contribution < -0.4 is 5.32 Å². The molecule has 1 atom stereocenters. The van der Waals surface area contributed by atoms with Crippen LogP contribution >= 0.6 is 11.6 Å². The lowest BCUT2D eigenvalue weighted by Crippen LogP contribution is -2.16. The van der Waals surface area contributed by atoms with Crippen LogP contribution in [0.15, 0.2) is 12.1 Å². The summed E-state index contributed by atoms with van der Waals surface area (Å²) in [7, 11) is 0. The smallest absolute Gasteiger partial charge is 0.276 e. The number of nitrogens with zero attached hydrogens (tertiary/aromatic N) is 2. The number of pyridine rings is 1. The van der Waals surface area contributed by atoms with Gasteiger partial charge in [0.25, 0.3) is 5.69 Å². The number of nitrogens with one attached hydrogen (secondary N) is 1. The molecule has 106 valence electrons. The molecule has 0 aliphatic carbocycles. The van der Waals surface area contributed by atoms with Crippen molar-refractivity contribution in [1.29, 1.82) is 0 Å². The number of aliphatic hydroxyl groups is 1. The number of aliphatic hydroxyl groups excluding tert-OH is 1. The summed E-state index contributed by atoms with van der Waals surface area (Å²) in [6.45, 7) is 2.82. The van der Waals surface area contributed by atoms with Crippen LogP contribution in [-0.2, 0) is 0 Å². The molecule has 0 fully saturated rings. The normalized spacial score (nSPS) is 12.2. The van der Waals surface area contributed by atoms with Crippen LogP contribution in [-0.4, -0.2) is 28.2 Å². The molecule has 0 aromatic carbocycles. The average molecular weight is 288 g/mol. The van der Waals surface area contributed by atoms with Crippen molar-refractivity contribution >= 4 is 23.1 Å². The highest BCUT2D eigenvalue weighted by Gasteiger charge is 2.12. The Morgan fingerprint density at radius 3 is 2.84 bits per heavy atom. The molecular weight excluding hydrogens is 270 g/mol. The molecule has 19 heavy (non-hydrogen) atoms. The molecule has 1 heterocycles. The highest BCUT2D eigenvalue weighted by molar-refractivity contribution is 6.29. The van der Waals surface area contributed by atoms with Crippen molar-refractivity contribution in [2.24, 2.45) is 5.92 Å². The van der Waals surface area contributed by atoms with E-state index in [0.29, 0.717) is 24.7 Å². The first-order valence-corrected chi connectivity index (χ1v) is 6.61. The molecule has 2 N–H and O–H groups in total. The third-order valence-electron chi connectivity index (χ3n) is 2.80. The molecule has 0 radical (unpaired) electrons. The molecule has 6 nitrogen and oxygen atoms in total. The van der Waals surface area contributed by atoms with Gasteiger partial charge in [-0.25, -0.2) is 4.98 Å². The second-order valence-electron chi connectivity index (χ2n) is 4.34. The minimum atomic E-state index is -0.504. The van der Waals surface area contributed by atoms with E-state index in [0.717, 1.165) is 12.8 Å². The van der Waals surface area contributed by atoms with E-state index in [9.17, 15) is 10.1 Å². The average Bonchev–Trinajstić information content (AvgIpc) is 2.36. The zero-order chi connectivity index (χ0) is 14.3. The fraction of sp³-hybridized carbons (Fsp3) is 0.583. The summed E-state index contributed by atoms with van der Waals surface area (Å²) in [6.07, 6.45) is 2.70. The van der Waals surface area contributed by atoms with Crippen molar-refractivity contribution in [3.05, 3.63) is 27.4 Å². The van der Waals surface area contributed by atoms with Gasteiger partial charge in [0, 0.05) is 13.2 Å². The van der Waals surface area contributed by atoms with Gasteiger partial charge in [0.2, 0.25) is 0 Å². The first kappa shape index (κ1) is 15.7. The number of nitro groups is 1. The van der Waals surface area contributed by atoms with Gasteiger partial charge in [-0.2, -0.15) is 0 Å². The van der Waals surface area contributed by atoms with Gasteiger partial charge >= 0.3 is 0 Å². The summed E-state index contributed by atoms with van der Waals surface area (Å²) >= 11 is 5.74. The third kappa shape index (κ3) is 5.40. The number of hydrogen-bond acceptors (Lipinski definition) is 5. The second-order valence-corrected chi connectivity index (χ2v) is 4.73. The topological polar surface area (TPSA) is 88.3 Å². The van der Waals surface area contributed by atoms with E-state index in [1.807, 2.05) is 0 Å². The summed E-state index contributed by atoms with van der Waals surface area (Å²) < 4.78 is 0. The molecule has 1 aromatic heterocycles. The van der Waals surface area contributed by atoms with Crippen LogP contribution in [0.4, 0.5) is 11.5 Å². The molecule has 0 amide bonds. The van der Waals surface area contributed by atoms with Gasteiger partial charge in [-0.1, -0.05) is 24.9 Å². The molecule has 0 bridgehead atoms. The van der Waals surface area contributed by atoms with Crippen LogP contribution in [0.25, 0.3) is 0 Å². The van der Waals surface area contributed by atoms with Gasteiger partial charge in [-0.3, -0.25) is 10.1 Å². The van der Waals surface area contributed by atoms with Crippen LogP contribution in [0.1, 0.15) is 26.2 Å². The molecular formula is C12H18ClN3O3. The largest absolute Gasteiger partial charge is 0.396 e. The monoisotopic (exact) mass is 287 g/mol. The Hall–Kier alpha value is -1.40. The van der Waals surface area contributed by atoms with Crippen LogP contribution in [0.5, 0.6) is 0 Å². The number of rotatable bonds is 8. The number of aromatic nitrogens is 1. The lowest BCUT2D eigenvalue weighted by Gasteiger charge is -2.16. The van der Waals surface area contributed by atoms with Crippen LogP contribution in [0.3, 0.4) is 0 Å². The SMILES string of the molecule is CCCC(CCO)CNc1cc([N+](=O)[O-])cc(Cl)n1. The van der Waals surface area contributed by atoms with Gasteiger partial charge < -0.3 is 10.4 Å². The second kappa shape index (κ2) is 7.91. The van der Waals surface area contributed by atoms with Gasteiger partial charge in [-0.05, 0) is 18.8 Å². The summed E-state index contributed by atoms with van der Waals surface area (Å²) in [4.78, 5) is 14.2. The maximum atomic E-state index is 10.7. The predicted octanol–water partition coefficient (Wildman–Crippen LogP) is 2.85. The third-order valence-corrected chi connectivity index (χ3v) is 2.99. The predicted molar refractivity (Wildman–Crippen MR) is 74.5 cm³/mol. The van der Waals surface area contributed by atoms with Crippen molar-refractivity contribution in [2.45, 2.75) is 26.2 Å². The fourth-order valence-electron chi connectivity index (χ4n) is 1.87. The van der Waals surface area contributed by atoms with Gasteiger partial charge in [0.1, 0.15) is 11.0 Å². The quantitative estimate of drug-likeness (QED) is 0.436. The summed E-state index contributed by atoms with van der Waals surface area (Å²) in [5, 5.41) is 22.8. The van der Waals surface area contributed by atoms with Gasteiger partial charge in [0.15, 0.2) is 0 Å². The molecule has 0 spiro atoms. The highest BCUT2D eigenvalue weighted by Crippen LogP contribution is 2.21. The van der Waals surface area contributed by atoms with E-state index in [4.69, 9.17) is 16.7 Å². The van der Waals surface area contributed by atoms with Crippen LogP contribution in [0.2, 0.25) is 5.15 Å². The minimum Gasteiger partial charge on any atom is -0.396 e. The molecule has 1 aromatic rings. The first-order chi connectivity index (χ1) is 9.06. The van der Waals surface area contributed by atoms with E-state index >= 15 is 0 Å². The number of hydrogen-bond donors (Lipinski definition) is 2. The molecule has 0 saturated carbocycles. The highest BCUT2D eigenvalue weighted by atomic mass is 35.5. The van der Waals surface area contributed by atoms with E-state index < -0.39 is 4.92 Å². The maximum absolute atomic E-state index is 10.7. The van der Waals surface area contributed by atoms with Crippen molar-refractivity contribution in [2.75, 3.05) is 18.5 Å². The number of anilines is 1. The van der Waals surface area contributed by atoms with E-state index in [1.54, 1.807) is 0 Å². The summed E-state index contributed by atoms with van der Waals surface area (Å²) in [6, 6.07) is 2.57. The van der Waals surface area contributed by atoms with Crippen molar-refractivity contribution in [1.82, 2.24) is 4.98 Å². The molecule has 0 saturated heterocycles. The molecule has 1 unspecified atom stereocenters. The molecule has 1 rings (SSSR count).